The number of benzene rings is 1. The number of esters is 1. The SMILES string of the molecule is C[C@@H](OC(=O)[C@@H]1CCCN(C(=O)c2ccc(Cl)cc2)C1)C(=O)N1CCOCC1. The van der Waals surface area contributed by atoms with E-state index in [9.17, 15) is 14.4 Å². The van der Waals surface area contributed by atoms with Crippen molar-refractivity contribution < 1.29 is 23.9 Å². The number of halogens is 1. The average molecular weight is 409 g/mol. The van der Waals surface area contributed by atoms with E-state index in [-0.39, 0.29) is 11.8 Å². The lowest BCUT2D eigenvalue weighted by Crippen LogP contribution is -2.47. The summed E-state index contributed by atoms with van der Waals surface area (Å²) in [5.74, 6) is -1.19. The van der Waals surface area contributed by atoms with Crippen molar-refractivity contribution in [1.29, 1.82) is 0 Å². The van der Waals surface area contributed by atoms with E-state index in [1.807, 2.05) is 0 Å². The fraction of sp³-hybridized carbons (Fsp3) is 0.550. The number of ether oxygens (including phenoxy) is 2. The van der Waals surface area contributed by atoms with Gasteiger partial charge in [0.2, 0.25) is 0 Å². The topological polar surface area (TPSA) is 76.2 Å². The summed E-state index contributed by atoms with van der Waals surface area (Å²) in [5.41, 5.74) is 0.536. The van der Waals surface area contributed by atoms with Gasteiger partial charge in [0.15, 0.2) is 6.10 Å². The molecule has 0 aliphatic carbocycles. The fourth-order valence-corrected chi connectivity index (χ4v) is 3.62. The Kier molecular flexibility index (Phi) is 6.91. The highest BCUT2D eigenvalue weighted by Gasteiger charge is 2.33. The van der Waals surface area contributed by atoms with Crippen LogP contribution in [-0.4, -0.2) is 73.1 Å². The molecule has 3 rings (SSSR count). The van der Waals surface area contributed by atoms with Gasteiger partial charge >= 0.3 is 5.97 Å². The summed E-state index contributed by atoms with van der Waals surface area (Å²) in [7, 11) is 0. The van der Waals surface area contributed by atoms with Gasteiger partial charge in [-0.1, -0.05) is 11.6 Å². The molecule has 2 aliphatic heterocycles. The van der Waals surface area contributed by atoms with Crippen LogP contribution in [0, 0.1) is 5.92 Å². The number of piperidine rings is 1. The number of rotatable bonds is 4. The zero-order valence-electron chi connectivity index (χ0n) is 15.9. The van der Waals surface area contributed by atoms with Crippen LogP contribution < -0.4 is 0 Å². The molecule has 152 valence electrons. The summed E-state index contributed by atoms with van der Waals surface area (Å²) in [4.78, 5) is 41.0. The molecule has 0 N–H and O–H groups in total. The first-order chi connectivity index (χ1) is 13.5. The van der Waals surface area contributed by atoms with Crippen molar-refractivity contribution in [2.24, 2.45) is 5.92 Å². The highest BCUT2D eigenvalue weighted by Crippen LogP contribution is 2.21. The number of nitrogens with zero attached hydrogens (tertiary/aromatic N) is 2. The summed E-state index contributed by atoms with van der Waals surface area (Å²) < 4.78 is 10.7. The van der Waals surface area contributed by atoms with Gasteiger partial charge in [-0.15, -0.1) is 0 Å². The minimum Gasteiger partial charge on any atom is -0.452 e. The predicted molar refractivity (Wildman–Crippen MR) is 103 cm³/mol. The van der Waals surface area contributed by atoms with Crippen LogP contribution in [0.4, 0.5) is 0 Å². The molecule has 2 heterocycles. The number of amides is 2. The average Bonchev–Trinajstić information content (AvgIpc) is 2.74. The molecule has 1 aromatic rings. The van der Waals surface area contributed by atoms with Crippen LogP contribution in [0.2, 0.25) is 5.02 Å². The van der Waals surface area contributed by atoms with Gasteiger partial charge in [-0.3, -0.25) is 14.4 Å². The number of likely N-dealkylation sites (tertiary alicyclic amines) is 1. The predicted octanol–water partition coefficient (Wildman–Crippen LogP) is 1.98. The largest absolute Gasteiger partial charge is 0.452 e. The van der Waals surface area contributed by atoms with Crippen LogP contribution in [0.15, 0.2) is 24.3 Å². The number of hydrogen-bond donors (Lipinski definition) is 0. The summed E-state index contributed by atoms with van der Waals surface area (Å²) in [6.07, 6.45) is 0.514. The Morgan fingerprint density at radius 3 is 2.46 bits per heavy atom. The Morgan fingerprint density at radius 2 is 1.79 bits per heavy atom. The highest BCUT2D eigenvalue weighted by molar-refractivity contribution is 6.30. The van der Waals surface area contributed by atoms with Gasteiger partial charge in [0.05, 0.1) is 19.1 Å². The van der Waals surface area contributed by atoms with Crippen molar-refractivity contribution in [3.05, 3.63) is 34.9 Å². The first-order valence-corrected chi connectivity index (χ1v) is 9.95. The van der Waals surface area contributed by atoms with Crippen molar-refractivity contribution in [3.63, 3.8) is 0 Å². The molecule has 0 radical (unpaired) electrons. The molecule has 28 heavy (non-hydrogen) atoms. The van der Waals surface area contributed by atoms with E-state index < -0.39 is 18.0 Å². The van der Waals surface area contributed by atoms with Crippen molar-refractivity contribution >= 4 is 29.4 Å². The quantitative estimate of drug-likeness (QED) is 0.712. The Labute approximate surface area is 169 Å². The van der Waals surface area contributed by atoms with Gasteiger partial charge in [-0.25, -0.2) is 0 Å². The molecule has 2 aliphatic rings. The van der Waals surface area contributed by atoms with E-state index in [4.69, 9.17) is 21.1 Å². The lowest BCUT2D eigenvalue weighted by atomic mass is 9.97. The zero-order chi connectivity index (χ0) is 20.1. The third-order valence-corrected chi connectivity index (χ3v) is 5.35. The first-order valence-electron chi connectivity index (χ1n) is 9.57. The van der Waals surface area contributed by atoms with Gasteiger partial charge in [-0.2, -0.15) is 0 Å². The second kappa shape index (κ2) is 9.39. The third kappa shape index (κ3) is 5.02. The van der Waals surface area contributed by atoms with Gasteiger partial charge in [-0.05, 0) is 44.0 Å². The van der Waals surface area contributed by atoms with Gasteiger partial charge in [0, 0.05) is 36.8 Å². The van der Waals surface area contributed by atoms with Crippen LogP contribution in [0.3, 0.4) is 0 Å². The molecular formula is C20H25ClN2O5. The Hall–Kier alpha value is -2.12. The standard InChI is InChI=1S/C20H25ClN2O5/c1-14(18(24)22-9-11-27-12-10-22)28-20(26)16-3-2-8-23(13-16)19(25)15-4-6-17(21)7-5-15/h4-7,14,16H,2-3,8-13H2,1H3/t14-,16-/m1/s1. The first kappa shape index (κ1) is 20.6. The Bertz CT molecular complexity index is 718. The molecule has 0 bridgehead atoms. The monoisotopic (exact) mass is 408 g/mol. The van der Waals surface area contributed by atoms with Crippen molar-refractivity contribution in [2.75, 3.05) is 39.4 Å². The number of carbonyl (C=O) groups excluding carboxylic acids is 3. The maximum atomic E-state index is 12.7. The molecule has 0 unspecified atom stereocenters. The van der Waals surface area contributed by atoms with Crippen LogP contribution in [0.1, 0.15) is 30.1 Å². The van der Waals surface area contributed by atoms with E-state index >= 15 is 0 Å². The summed E-state index contributed by atoms with van der Waals surface area (Å²) in [6, 6.07) is 6.69. The fourth-order valence-electron chi connectivity index (χ4n) is 3.49. The third-order valence-electron chi connectivity index (χ3n) is 5.10. The molecule has 1 aromatic carbocycles. The van der Waals surface area contributed by atoms with E-state index in [2.05, 4.69) is 0 Å². The van der Waals surface area contributed by atoms with Crippen LogP contribution >= 0.6 is 11.6 Å². The van der Waals surface area contributed by atoms with Gasteiger partial charge < -0.3 is 19.3 Å². The van der Waals surface area contributed by atoms with Crippen molar-refractivity contribution in [3.8, 4) is 0 Å². The summed E-state index contributed by atoms with van der Waals surface area (Å²) >= 11 is 5.87. The minimum atomic E-state index is -0.840. The maximum Gasteiger partial charge on any atom is 0.311 e. The molecule has 7 nitrogen and oxygen atoms in total. The normalized spacial score (nSPS) is 21.1. The number of carbonyl (C=O) groups is 3. The summed E-state index contributed by atoms with van der Waals surface area (Å²) in [5, 5.41) is 0.565. The molecule has 0 aromatic heterocycles. The molecule has 2 atom stereocenters. The lowest BCUT2D eigenvalue weighted by Gasteiger charge is -2.33. The van der Waals surface area contributed by atoms with E-state index in [0.717, 1.165) is 0 Å². The Morgan fingerprint density at radius 1 is 1.11 bits per heavy atom. The molecule has 2 fully saturated rings. The second-order valence-electron chi connectivity index (χ2n) is 7.11. The molecule has 8 heteroatoms. The van der Waals surface area contributed by atoms with E-state index in [0.29, 0.717) is 62.8 Å². The van der Waals surface area contributed by atoms with Gasteiger partial charge in [0.25, 0.3) is 11.8 Å². The molecule has 2 amide bonds. The maximum absolute atomic E-state index is 12.7. The van der Waals surface area contributed by atoms with Crippen LogP contribution in [-0.2, 0) is 19.1 Å². The Balaban J connectivity index is 1.55. The number of morpholine rings is 1. The second-order valence-corrected chi connectivity index (χ2v) is 7.55. The zero-order valence-corrected chi connectivity index (χ0v) is 16.7. The molecule has 0 spiro atoms. The molecular weight excluding hydrogens is 384 g/mol. The van der Waals surface area contributed by atoms with Gasteiger partial charge in [0.1, 0.15) is 0 Å². The van der Waals surface area contributed by atoms with Crippen LogP contribution in [0.5, 0.6) is 0 Å². The van der Waals surface area contributed by atoms with Crippen molar-refractivity contribution in [1.82, 2.24) is 9.80 Å². The number of hydrogen-bond acceptors (Lipinski definition) is 5. The van der Waals surface area contributed by atoms with Crippen LogP contribution in [0.25, 0.3) is 0 Å². The van der Waals surface area contributed by atoms with Crippen molar-refractivity contribution in [2.45, 2.75) is 25.9 Å². The highest BCUT2D eigenvalue weighted by atomic mass is 35.5. The minimum absolute atomic E-state index is 0.133. The molecule has 2 saturated heterocycles. The smallest absolute Gasteiger partial charge is 0.311 e. The van der Waals surface area contributed by atoms with E-state index in [1.165, 1.54) is 0 Å². The lowest BCUT2D eigenvalue weighted by molar-refractivity contribution is -0.165. The van der Waals surface area contributed by atoms with E-state index in [1.54, 1.807) is 41.0 Å². The summed E-state index contributed by atoms with van der Waals surface area (Å²) in [6.45, 7) is 4.48. The molecule has 0 saturated carbocycles.